The first-order chi connectivity index (χ1) is 18.3. The van der Waals surface area contributed by atoms with Crippen LogP contribution in [-0.4, -0.2) is 77.9 Å². The number of ketones is 3. The maximum absolute atomic E-state index is 13.8. The number of allylic oxidation sites excluding steroid dienone is 2. The Hall–Kier alpha value is -1.82. The second-order valence-corrected chi connectivity index (χ2v) is 13.1. The average molecular weight is 566 g/mol. The lowest BCUT2D eigenvalue weighted by Gasteiger charge is -2.39. The van der Waals surface area contributed by atoms with E-state index in [9.17, 15) is 19.2 Å². The summed E-state index contributed by atoms with van der Waals surface area (Å²) in [7, 11) is 4.95. The van der Waals surface area contributed by atoms with Gasteiger partial charge < -0.3 is 25.4 Å². The molecule has 0 unspecified atom stereocenters. The Labute approximate surface area is 232 Å². The predicted molar refractivity (Wildman–Crippen MR) is 148 cm³/mol. The summed E-state index contributed by atoms with van der Waals surface area (Å²) >= 11 is 0. The minimum Gasteiger partial charge on any atom is -0.449 e. The molecular weight excluding hydrogens is 526 g/mol. The largest absolute Gasteiger partial charge is 0.449 e. The summed E-state index contributed by atoms with van der Waals surface area (Å²) in [6.07, 6.45) is 6.05. The lowest BCUT2D eigenvalue weighted by atomic mass is 9.79. The molecule has 0 bridgehead atoms. The van der Waals surface area contributed by atoms with Crippen molar-refractivity contribution in [2.75, 3.05) is 31.8 Å². The molecule has 0 aromatic rings. The Morgan fingerprint density at radius 2 is 1.87 bits per heavy atom. The first kappa shape index (κ1) is 29.2. The van der Waals surface area contributed by atoms with Crippen LogP contribution in [0.4, 0.5) is 4.79 Å². The number of fused-ring (bicyclic) bond motifs is 4. The van der Waals surface area contributed by atoms with Gasteiger partial charge in [0.2, 0.25) is 5.78 Å². The van der Waals surface area contributed by atoms with E-state index in [4.69, 9.17) is 15.2 Å². The van der Waals surface area contributed by atoms with Gasteiger partial charge in [-0.05, 0) is 26.2 Å². The second-order valence-electron chi connectivity index (χ2n) is 10.4. The van der Waals surface area contributed by atoms with E-state index in [0.717, 1.165) is 30.8 Å². The monoisotopic (exact) mass is 565 g/mol. The van der Waals surface area contributed by atoms with E-state index >= 15 is 0 Å². The molecule has 0 aromatic carbocycles. The molecule has 38 heavy (non-hydrogen) atoms. The molecule has 2 saturated heterocycles. The molecule has 0 spiro atoms. The Morgan fingerprint density at radius 3 is 2.58 bits per heavy atom. The minimum absolute atomic E-state index is 0.0550. The number of nitrogens with two attached hydrogens (primary N) is 1. The molecule has 0 saturated carbocycles. The Kier molecular flexibility index (Phi) is 9.65. The summed E-state index contributed by atoms with van der Waals surface area (Å²) in [5.74, 6) is 1.01. The molecule has 3 heterocycles. The van der Waals surface area contributed by atoms with Crippen LogP contribution in [0.5, 0.6) is 0 Å². The summed E-state index contributed by atoms with van der Waals surface area (Å²) < 4.78 is 11.2. The molecular formula is C27H39N3O6S2. The highest BCUT2D eigenvalue weighted by Gasteiger charge is 2.72. The summed E-state index contributed by atoms with van der Waals surface area (Å²) in [6, 6.07) is 0.111. The number of Topliss-reactive ketones (excluding diaryl/α,β-unsaturated/α-hetero) is 3. The van der Waals surface area contributed by atoms with Gasteiger partial charge in [-0.2, -0.15) is 0 Å². The maximum Gasteiger partial charge on any atom is 0.404 e. The second kappa shape index (κ2) is 12.6. The number of piperazine rings is 1. The van der Waals surface area contributed by atoms with Gasteiger partial charge >= 0.3 is 6.09 Å². The van der Waals surface area contributed by atoms with Crippen molar-refractivity contribution in [1.29, 1.82) is 0 Å². The molecule has 9 nitrogen and oxygen atoms in total. The lowest BCUT2D eigenvalue weighted by Crippen LogP contribution is -2.55. The highest BCUT2D eigenvalue weighted by molar-refractivity contribution is 8.76. The zero-order valence-corrected chi connectivity index (χ0v) is 24.1. The molecule has 4 rings (SSSR count). The van der Waals surface area contributed by atoms with E-state index in [0.29, 0.717) is 54.0 Å². The summed E-state index contributed by atoms with van der Waals surface area (Å²) in [5.41, 5.74) is 6.07. The molecule has 4 atom stereocenters. The predicted octanol–water partition coefficient (Wildman–Crippen LogP) is 3.52. The number of nitrogens with one attached hydrogen (secondary N) is 1. The van der Waals surface area contributed by atoms with Gasteiger partial charge in [-0.1, -0.05) is 47.8 Å². The van der Waals surface area contributed by atoms with Crippen LogP contribution in [0.25, 0.3) is 0 Å². The van der Waals surface area contributed by atoms with Gasteiger partial charge in [-0.3, -0.25) is 14.4 Å². The lowest BCUT2D eigenvalue weighted by molar-refractivity contribution is -0.137. The minimum atomic E-state index is -0.953. The van der Waals surface area contributed by atoms with Crippen molar-refractivity contribution in [1.82, 2.24) is 10.2 Å². The molecule has 11 heteroatoms. The zero-order chi connectivity index (χ0) is 27.4. The first-order valence-corrected chi connectivity index (χ1v) is 16.1. The maximum atomic E-state index is 13.8. The molecule has 210 valence electrons. The van der Waals surface area contributed by atoms with E-state index in [1.165, 1.54) is 12.8 Å². The third-order valence-electron chi connectivity index (χ3n) is 8.06. The van der Waals surface area contributed by atoms with E-state index in [1.807, 2.05) is 4.90 Å². The third-order valence-corrected chi connectivity index (χ3v) is 10.6. The number of unbranched alkanes of at least 4 members (excludes halogenated alkanes) is 3. The normalized spacial score (nSPS) is 27.6. The van der Waals surface area contributed by atoms with Crippen molar-refractivity contribution < 1.29 is 28.7 Å². The molecule has 4 aliphatic rings. The molecule has 3 aliphatic heterocycles. The molecule has 3 N–H and O–H groups in total. The van der Waals surface area contributed by atoms with Crippen LogP contribution in [0.15, 0.2) is 22.4 Å². The quantitative estimate of drug-likeness (QED) is 0.124. The third kappa shape index (κ3) is 5.57. The van der Waals surface area contributed by atoms with Gasteiger partial charge in [-0.25, -0.2) is 4.79 Å². The van der Waals surface area contributed by atoms with Crippen molar-refractivity contribution >= 4 is 45.0 Å². The number of hydrogen-bond acceptors (Lipinski definition) is 10. The summed E-state index contributed by atoms with van der Waals surface area (Å²) in [4.78, 5) is 52.7. The van der Waals surface area contributed by atoms with Gasteiger partial charge in [-0.15, -0.1) is 0 Å². The molecule has 2 fully saturated rings. The van der Waals surface area contributed by atoms with Crippen molar-refractivity contribution in [3.05, 3.63) is 22.4 Å². The Morgan fingerprint density at radius 1 is 1.11 bits per heavy atom. The van der Waals surface area contributed by atoms with Crippen LogP contribution in [0, 0.1) is 5.92 Å². The summed E-state index contributed by atoms with van der Waals surface area (Å²) in [5, 5.41) is 3.36. The molecule has 0 radical (unpaired) electrons. The van der Waals surface area contributed by atoms with E-state index in [2.05, 4.69) is 12.2 Å². The Balaban J connectivity index is 1.32. The highest BCUT2D eigenvalue weighted by atomic mass is 33.1. The zero-order valence-electron chi connectivity index (χ0n) is 22.5. The molecule has 1 aliphatic carbocycles. The standard InChI is InChI=1S/C27H39N3O6S2/c1-4-5-6-7-9-17(31)11-13-38-37-12-8-10-18-16(2)23(32)22-21(24(18)33)19(15-36-26(28)34)27(35-3)25-20(29-25)14-30(22)27/h19-20,25,29H,4-15H2,1-3H3,(H2,28,34)/t19-,20+,25+,27-/m1/s1. The van der Waals surface area contributed by atoms with E-state index < -0.39 is 17.7 Å². The number of nitrogens with zero attached hydrogens (tertiary/aromatic N) is 1. The van der Waals surface area contributed by atoms with Crippen LogP contribution in [-0.2, 0) is 23.9 Å². The van der Waals surface area contributed by atoms with Crippen LogP contribution in [0.1, 0.15) is 65.2 Å². The van der Waals surface area contributed by atoms with Crippen molar-refractivity contribution in [3.63, 3.8) is 0 Å². The number of carbonyl (C=O) groups is 4. The molecule has 0 aromatic heterocycles. The SMILES string of the molecule is CCCCCCC(=O)CCSSCCCC1=C(C)C(=O)C2=C(C1=O)[C@@H](COC(N)=O)[C@@]1(OC)[C@H]3N[C@H]3CN21. The van der Waals surface area contributed by atoms with Crippen LogP contribution in [0.3, 0.4) is 0 Å². The topological polar surface area (TPSA) is 138 Å². The van der Waals surface area contributed by atoms with Gasteiger partial charge in [0.05, 0.1) is 17.7 Å². The number of hydrogen-bond donors (Lipinski definition) is 2. The summed E-state index contributed by atoms with van der Waals surface area (Å²) in [6.45, 7) is 4.32. The number of methoxy groups -OCH3 is 1. The first-order valence-electron chi connectivity index (χ1n) is 13.6. The highest BCUT2D eigenvalue weighted by Crippen LogP contribution is 2.56. The number of rotatable bonds is 16. The van der Waals surface area contributed by atoms with E-state index in [-0.39, 0.29) is 30.3 Å². The van der Waals surface area contributed by atoms with Gasteiger partial charge in [0.1, 0.15) is 12.4 Å². The van der Waals surface area contributed by atoms with Gasteiger partial charge in [0, 0.05) is 60.8 Å². The number of amides is 1. The van der Waals surface area contributed by atoms with Gasteiger partial charge in [0.25, 0.3) is 0 Å². The number of ether oxygens (including phenoxy) is 2. The van der Waals surface area contributed by atoms with Crippen molar-refractivity contribution in [3.8, 4) is 0 Å². The van der Waals surface area contributed by atoms with Crippen molar-refractivity contribution in [2.24, 2.45) is 11.7 Å². The van der Waals surface area contributed by atoms with Crippen molar-refractivity contribution in [2.45, 2.75) is 83.0 Å². The molecule has 1 amide bonds. The number of primary amides is 1. The van der Waals surface area contributed by atoms with Crippen LogP contribution < -0.4 is 11.1 Å². The fraction of sp³-hybridized carbons (Fsp3) is 0.704. The van der Waals surface area contributed by atoms with Crippen LogP contribution in [0.2, 0.25) is 0 Å². The van der Waals surface area contributed by atoms with Crippen LogP contribution >= 0.6 is 21.6 Å². The fourth-order valence-corrected chi connectivity index (χ4v) is 8.22. The fourth-order valence-electron chi connectivity index (χ4n) is 6.10. The number of carbonyl (C=O) groups excluding carboxylic acids is 4. The van der Waals surface area contributed by atoms with Gasteiger partial charge in [0.15, 0.2) is 11.5 Å². The average Bonchev–Trinajstić information content (AvgIpc) is 3.50. The Bertz CT molecular complexity index is 1040. The smallest absolute Gasteiger partial charge is 0.404 e. The van der Waals surface area contributed by atoms with E-state index in [1.54, 1.807) is 35.6 Å².